The summed E-state index contributed by atoms with van der Waals surface area (Å²) in [6.07, 6.45) is 1.57. The van der Waals surface area contributed by atoms with Crippen molar-refractivity contribution in [2.75, 3.05) is 13.7 Å². The molecule has 3 rings (SSSR count). The summed E-state index contributed by atoms with van der Waals surface area (Å²) < 4.78 is 16.1. The highest BCUT2D eigenvalue weighted by Gasteiger charge is 2.17. The Morgan fingerprint density at radius 3 is 2.87 bits per heavy atom. The minimum absolute atomic E-state index is 0.462. The zero-order valence-electron chi connectivity index (χ0n) is 12.9. The highest BCUT2D eigenvalue weighted by Crippen LogP contribution is 2.31. The van der Waals surface area contributed by atoms with Crippen LogP contribution in [0.4, 0.5) is 0 Å². The normalized spacial score (nSPS) is 12.1. The van der Waals surface area contributed by atoms with Crippen LogP contribution in [0.25, 0.3) is 11.6 Å². The van der Waals surface area contributed by atoms with Crippen molar-refractivity contribution in [1.82, 2.24) is 15.2 Å². The van der Waals surface area contributed by atoms with E-state index in [2.05, 4.69) is 15.2 Å². The van der Waals surface area contributed by atoms with Crippen LogP contribution >= 0.6 is 0 Å². The standard InChI is InChI=1S/C16H18N4O3/c1-3-22-11-7-6-10(9-13(11)21-2)14(17)16-18-15(19-20-16)12-5-4-8-23-12/h4-9,14H,3,17H2,1-2H3,(H,18,19,20). The highest BCUT2D eigenvalue weighted by molar-refractivity contribution is 5.47. The van der Waals surface area contributed by atoms with E-state index in [9.17, 15) is 0 Å². The van der Waals surface area contributed by atoms with E-state index in [1.165, 1.54) is 0 Å². The van der Waals surface area contributed by atoms with E-state index in [0.717, 1.165) is 5.56 Å². The molecule has 120 valence electrons. The Bertz CT molecular complexity index is 767. The second-order valence-electron chi connectivity index (χ2n) is 4.84. The molecule has 2 heterocycles. The molecule has 0 amide bonds. The fraction of sp³-hybridized carbons (Fsp3) is 0.250. The molecule has 0 aliphatic carbocycles. The number of furan rings is 1. The Hall–Kier alpha value is -2.80. The lowest BCUT2D eigenvalue weighted by molar-refractivity contribution is 0.310. The zero-order valence-corrected chi connectivity index (χ0v) is 12.9. The summed E-state index contributed by atoms with van der Waals surface area (Å²) in [6.45, 7) is 2.49. The van der Waals surface area contributed by atoms with Gasteiger partial charge in [0.15, 0.2) is 17.3 Å². The molecule has 0 aliphatic heterocycles. The molecule has 2 aromatic heterocycles. The summed E-state index contributed by atoms with van der Waals surface area (Å²) in [5.41, 5.74) is 7.11. The number of methoxy groups -OCH3 is 1. The van der Waals surface area contributed by atoms with Gasteiger partial charge in [0.2, 0.25) is 5.82 Å². The molecule has 1 atom stereocenters. The molecule has 23 heavy (non-hydrogen) atoms. The number of nitrogens with two attached hydrogens (primary N) is 1. The first-order valence-electron chi connectivity index (χ1n) is 7.25. The topological polar surface area (TPSA) is 99.2 Å². The van der Waals surface area contributed by atoms with Crippen molar-refractivity contribution in [2.24, 2.45) is 5.73 Å². The lowest BCUT2D eigenvalue weighted by Crippen LogP contribution is -2.14. The number of benzene rings is 1. The Balaban J connectivity index is 1.86. The van der Waals surface area contributed by atoms with E-state index in [0.29, 0.717) is 35.5 Å². The van der Waals surface area contributed by atoms with Crippen molar-refractivity contribution < 1.29 is 13.9 Å². The summed E-state index contributed by atoms with van der Waals surface area (Å²) in [7, 11) is 1.59. The van der Waals surface area contributed by atoms with E-state index in [1.807, 2.05) is 25.1 Å². The summed E-state index contributed by atoms with van der Waals surface area (Å²) in [4.78, 5) is 4.39. The fourth-order valence-electron chi connectivity index (χ4n) is 2.24. The molecular weight excluding hydrogens is 296 g/mol. The highest BCUT2D eigenvalue weighted by atomic mass is 16.5. The molecule has 1 unspecified atom stereocenters. The number of aromatic amines is 1. The number of aromatic nitrogens is 3. The van der Waals surface area contributed by atoms with E-state index in [-0.39, 0.29) is 0 Å². The third kappa shape index (κ3) is 3.04. The zero-order chi connectivity index (χ0) is 16.2. The molecule has 0 aliphatic rings. The monoisotopic (exact) mass is 314 g/mol. The molecule has 0 saturated carbocycles. The van der Waals surface area contributed by atoms with Crippen LogP contribution in [0.2, 0.25) is 0 Å². The molecule has 0 fully saturated rings. The quantitative estimate of drug-likeness (QED) is 0.725. The van der Waals surface area contributed by atoms with Gasteiger partial charge in [-0.15, -0.1) is 5.10 Å². The molecule has 7 heteroatoms. The Labute approximate surface area is 133 Å². The van der Waals surface area contributed by atoms with Gasteiger partial charge in [-0.2, -0.15) is 0 Å². The van der Waals surface area contributed by atoms with Crippen LogP contribution in [-0.4, -0.2) is 28.9 Å². The molecule has 0 radical (unpaired) electrons. The van der Waals surface area contributed by atoms with Crippen molar-refractivity contribution in [3.63, 3.8) is 0 Å². The van der Waals surface area contributed by atoms with Crippen LogP contribution in [0.1, 0.15) is 24.4 Å². The number of ether oxygens (including phenoxy) is 2. The van der Waals surface area contributed by atoms with E-state index < -0.39 is 6.04 Å². The Kier molecular flexibility index (Phi) is 4.29. The maximum atomic E-state index is 6.27. The van der Waals surface area contributed by atoms with Gasteiger partial charge in [0.1, 0.15) is 5.82 Å². The van der Waals surface area contributed by atoms with Gasteiger partial charge in [-0.3, -0.25) is 5.10 Å². The van der Waals surface area contributed by atoms with Crippen molar-refractivity contribution in [1.29, 1.82) is 0 Å². The number of rotatable bonds is 6. The summed E-state index contributed by atoms with van der Waals surface area (Å²) in [5, 5.41) is 6.98. The number of nitrogens with one attached hydrogen (secondary N) is 1. The first-order valence-corrected chi connectivity index (χ1v) is 7.25. The summed E-state index contributed by atoms with van der Waals surface area (Å²) >= 11 is 0. The Morgan fingerprint density at radius 2 is 2.17 bits per heavy atom. The summed E-state index contributed by atoms with van der Waals surface area (Å²) in [6, 6.07) is 8.66. The number of H-pyrrole nitrogens is 1. The predicted molar refractivity (Wildman–Crippen MR) is 84.3 cm³/mol. The van der Waals surface area contributed by atoms with Crippen molar-refractivity contribution in [3.05, 3.63) is 48.0 Å². The van der Waals surface area contributed by atoms with Gasteiger partial charge in [0.05, 0.1) is 26.0 Å². The van der Waals surface area contributed by atoms with Gasteiger partial charge in [0, 0.05) is 0 Å². The van der Waals surface area contributed by atoms with E-state index >= 15 is 0 Å². The van der Waals surface area contributed by atoms with Gasteiger partial charge in [0.25, 0.3) is 0 Å². The van der Waals surface area contributed by atoms with Crippen molar-refractivity contribution >= 4 is 0 Å². The van der Waals surface area contributed by atoms with E-state index in [1.54, 1.807) is 25.5 Å². The third-order valence-corrected chi connectivity index (χ3v) is 3.39. The van der Waals surface area contributed by atoms with E-state index in [4.69, 9.17) is 19.6 Å². The SMILES string of the molecule is CCOc1ccc(C(N)c2nc(-c3ccco3)n[nH]2)cc1OC. The van der Waals surface area contributed by atoms with Gasteiger partial charge < -0.3 is 19.6 Å². The van der Waals surface area contributed by atoms with Crippen LogP contribution in [0.15, 0.2) is 41.0 Å². The lowest BCUT2D eigenvalue weighted by Gasteiger charge is -2.13. The molecule has 0 saturated heterocycles. The minimum atomic E-state index is -0.462. The lowest BCUT2D eigenvalue weighted by atomic mass is 10.1. The number of hydrogen-bond acceptors (Lipinski definition) is 6. The predicted octanol–water partition coefficient (Wildman–Crippen LogP) is 2.52. The fourth-order valence-corrected chi connectivity index (χ4v) is 2.24. The van der Waals surface area contributed by atoms with Crippen molar-refractivity contribution in [2.45, 2.75) is 13.0 Å². The average Bonchev–Trinajstić information content (AvgIpc) is 3.26. The molecule has 3 aromatic rings. The smallest absolute Gasteiger partial charge is 0.216 e. The molecular formula is C16H18N4O3. The average molecular weight is 314 g/mol. The first-order chi connectivity index (χ1) is 11.2. The van der Waals surface area contributed by atoms with Crippen LogP contribution in [-0.2, 0) is 0 Å². The van der Waals surface area contributed by atoms with Crippen molar-refractivity contribution in [3.8, 4) is 23.1 Å². The van der Waals surface area contributed by atoms with Crippen LogP contribution in [0.3, 0.4) is 0 Å². The maximum absolute atomic E-state index is 6.27. The Morgan fingerprint density at radius 1 is 1.30 bits per heavy atom. The molecule has 0 spiro atoms. The number of nitrogens with zero attached hydrogens (tertiary/aromatic N) is 2. The van der Waals surface area contributed by atoms with Crippen LogP contribution < -0.4 is 15.2 Å². The molecule has 0 bridgehead atoms. The van der Waals surface area contributed by atoms with Gasteiger partial charge in [-0.25, -0.2) is 4.98 Å². The second-order valence-corrected chi connectivity index (χ2v) is 4.84. The van der Waals surface area contributed by atoms with Crippen LogP contribution in [0.5, 0.6) is 11.5 Å². The molecule has 1 aromatic carbocycles. The van der Waals surface area contributed by atoms with Gasteiger partial charge >= 0.3 is 0 Å². The van der Waals surface area contributed by atoms with Gasteiger partial charge in [-0.05, 0) is 36.8 Å². The number of hydrogen-bond donors (Lipinski definition) is 2. The molecule has 3 N–H and O–H groups in total. The summed E-state index contributed by atoms with van der Waals surface area (Å²) in [5.74, 6) is 2.91. The second kappa shape index (κ2) is 6.53. The van der Waals surface area contributed by atoms with Gasteiger partial charge in [-0.1, -0.05) is 6.07 Å². The first kappa shape index (κ1) is 15.1. The molecule has 7 nitrogen and oxygen atoms in total. The maximum Gasteiger partial charge on any atom is 0.216 e. The minimum Gasteiger partial charge on any atom is -0.493 e. The third-order valence-electron chi connectivity index (χ3n) is 3.39. The largest absolute Gasteiger partial charge is 0.493 e. The van der Waals surface area contributed by atoms with Crippen LogP contribution in [0, 0.1) is 0 Å².